The fourth-order valence-electron chi connectivity index (χ4n) is 1.29. The van der Waals surface area contributed by atoms with Gasteiger partial charge in [0.15, 0.2) is 0 Å². The molecule has 1 aromatic rings. The van der Waals surface area contributed by atoms with E-state index in [9.17, 15) is 4.57 Å². The zero-order valence-corrected chi connectivity index (χ0v) is 10.9. The molecule has 0 heterocycles. The van der Waals surface area contributed by atoms with Crippen LogP contribution < -0.4 is 5.32 Å². The summed E-state index contributed by atoms with van der Waals surface area (Å²) in [6, 6.07) is 6.48. The van der Waals surface area contributed by atoms with Crippen molar-refractivity contribution in [3.05, 3.63) is 24.3 Å². The fourth-order valence-corrected chi connectivity index (χ4v) is 2.71. The van der Waals surface area contributed by atoms with E-state index in [0.717, 1.165) is 5.69 Å². The van der Waals surface area contributed by atoms with Gasteiger partial charge in [0.25, 0.3) is 0 Å². The molecule has 0 saturated heterocycles. The maximum atomic E-state index is 12.1. The fraction of sp³-hybridized carbons (Fsp3) is 0.455. The van der Waals surface area contributed by atoms with Gasteiger partial charge in [-0.15, -0.1) is 0 Å². The molecule has 6 heteroatoms. The Balaban J connectivity index is 2.57. The molecular formula is C11H18NO4P. The average molecular weight is 259 g/mol. The number of rotatable bonds is 7. The van der Waals surface area contributed by atoms with Gasteiger partial charge in [-0.2, -0.15) is 0 Å². The molecule has 0 spiro atoms. The minimum atomic E-state index is -3.07. The molecule has 5 nitrogen and oxygen atoms in total. The van der Waals surface area contributed by atoms with E-state index in [1.54, 1.807) is 38.1 Å². The molecule has 0 aliphatic heterocycles. The minimum Gasteiger partial charge on any atom is -0.508 e. The Labute approximate surface area is 101 Å². The molecule has 96 valence electrons. The molecule has 1 aromatic carbocycles. The summed E-state index contributed by atoms with van der Waals surface area (Å²) < 4.78 is 22.4. The SMILES string of the molecule is CCOP(=O)(CNc1ccc(O)cc1)OCC. The predicted octanol–water partition coefficient (Wildman–Crippen LogP) is 3.03. The zero-order chi connectivity index (χ0) is 12.7. The predicted molar refractivity (Wildman–Crippen MR) is 67.5 cm³/mol. The van der Waals surface area contributed by atoms with E-state index >= 15 is 0 Å². The number of phenolic OH excluding ortho intramolecular Hbond substituents is 1. The Morgan fingerprint density at radius 1 is 1.18 bits per heavy atom. The van der Waals surface area contributed by atoms with E-state index in [2.05, 4.69) is 5.32 Å². The highest BCUT2D eigenvalue weighted by molar-refractivity contribution is 7.53. The number of phenols is 1. The molecule has 1 rings (SSSR count). The van der Waals surface area contributed by atoms with Crippen LogP contribution in [0.3, 0.4) is 0 Å². The molecule has 0 aliphatic carbocycles. The van der Waals surface area contributed by atoms with E-state index in [4.69, 9.17) is 14.2 Å². The van der Waals surface area contributed by atoms with Crippen molar-refractivity contribution < 1.29 is 18.7 Å². The second-order valence-corrected chi connectivity index (χ2v) is 5.38. The van der Waals surface area contributed by atoms with E-state index in [1.807, 2.05) is 0 Å². The molecule has 0 unspecified atom stereocenters. The van der Waals surface area contributed by atoms with Gasteiger partial charge in [0, 0.05) is 5.69 Å². The molecule has 0 aromatic heterocycles. The Kier molecular flexibility index (Phi) is 5.48. The second-order valence-electron chi connectivity index (χ2n) is 3.33. The van der Waals surface area contributed by atoms with Gasteiger partial charge >= 0.3 is 7.60 Å². The molecule has 17 heavy (non-hydrogen) atoms. The van der Waals surface area contributed by atoms with Crippen LogP contribution in [0.5, 0.6) is 5.75 Å². The quantitative estimate of drug-likeness (QED) is 0.582. The molecule has 0 amide bonds. The molecule has 0 bridgehead atoms. The largest absolute Gasteiger partial charge is 0.508 e. The van der Waals surface area contributed by atoms with Crippen LogP contribution in [0.4, 0.5) is 5.69 Å². The Hall–Kier alpha value is -1.03. The first-order valence-electron chi connectivity index (χ1n) is 5.50. The molecule has 0 aliphatic rings. The summed E-state index contributed by atoms with van der Waals surface area (Å²) in [6.45, 7) is 4.22. The number of hydrogen-bond donors (Lipinski definition) is 2. The maximum absolute atomic E-state index is 12.1. The van der Waals surface area contributed by atoms with Crippen LogP contribution in [0.15, 0.2) is 24.3 Å². The summed E-state index contributed by atoms with van der Waals surface area (Å²) in [7, 11) is -3.07. The van der Waals surface area contributed by atoms with E-state index in [1.165, 1.54) is 0 Å². The Bertz CT molecular complexity index is 370. The monoisotopic (exact) mass is 259 g/mol. The van der Waals surface area contributed by atoms with Crippen LogP contribution in [0, 0.1) is 0 Å². The van der Waals surface area contributed by atoms with Crippen LogP contribution in [0.1, 0.15) is 13.8 Å². The number of anilines is 1. The van der Waals surface area contributed by atoms with Crippen LogP contribution in [-0.4, -0.2) is 24.6 Å². The zero-order valence-electron chi connectivity index (χ0n) is 10.0. The molecular weight excluding hydrogens is 241 g/mol. The first kappa shape index (κ1) is 14.0. The molecule has 0 radical (unpaired) electrons. The topological polar surface area (TPSA) is 67.8 Å². The maximum Gasteiger partial charge on any atom is 0.349 e. The van der Waals surface area contributed by atoms with Crippen LogP contribution >= 0.6 is 7.60 Å². The van der Waals surface area contributed by atoms with Gasteiger partial charge in [-0.05, 0) is 38.1 Å². The lowest BCUT2D eigenvalue weighted by molar-refractivity contribution is 0.221. The minimum absolute atomic E-state index is 0.111. The van der Waals surface area contributed by atoms with Crippen molar-refractivity contribution in [2.24, 2.45) is 0 Å². The van der Waals surface area contributed by atoms with E-state index in [-0.39, 0.29) is 12.0 Å². The highest BCUT2D eigenvalue weighted by Crippen LogP contribution is 2.47. The van der Waals surface area contributed by atoms with E-state index < -0.39 is 7.60 Å². The third kappa shape index (κ3) is 4.77. The number of hydrogen-bond acceptors (Lipinski definition) is 5. The van der Waals surface area contributed by atoms with Crippen molar-refractivity contribution in [2.75, 3.05) is 24.8 Å². The first-order chi connectivity index (χ1) is 8.09. The highest BCUT2D eigenvalue weighted by atomic mass is 31.2. The number of benzene rings is 1. The Morgan fingerprint density at radius 3 is 2.18 bits per heavy atom. The summed E-state index contributed by atoms with van der Waals surface area (Å²) in [4.78, 5) is 0. The number of nitrogens with one attached hydrogen (secondary N) is 1. The third-order valence-corrected chi connectivity index (χ3v) is 3.84. The molecule has 2 N–H and O–H groups in total. The summed E-state index contributed by atoms with van der Waals surface area (Å²) in [5, 5.41) is 12.1. The Morgan fingerprint density at radius 2 is 1.71 bits per heavy atom. The van der Waals surface area contributed by atoms with E-state index in [0.29, 0.717) is 13.2 Å². The first-order valence-corrected chi connectivity index (χ1v) is 7.23. The van der Waals surface area contributed by atoms with Crippen LogP contribution in [0.25, 0.3) is 0 Å². The van der Waals surface area contributed by atoms with Gasteiger partial charge in [-0.3, -0.25) is 4.57 Å². The lowest BCUT2D eigenvalue weighted by atomic mass is 10.3. The van der Waals surface area contributed by atoms with Gasteiger partial charge < -0.3 is 19.5 Å². The van der Waals surface area contributed by atoms with Crippen LogP contribution in [-0.2, 0) is 13.6 Å². The second kappa shape index (κ2) is 6.64. The van der Waals surface area contributed by atoms with Crippen molar-refractivity contribution in [3.63, 3.8) is 0 Å². The number of aromatic hydroxyl groups is 1. The summed E-state index contributed by atoms with van der Waals surface area (Å²) in [5.41, 5.74) is 0.752. The summed E-state index contributed by atoms with van der Waals surface area (Å²) in [6.07, 6.45) is 0.111. The standard InChI is InChI=1S/C11H18NO4P/c1-3-15-17(14,16-4-2)9-12-10-5-7-11(13)8-6-10/h5-8,12-13H,3-4,9H2,1-2H3. The van der Waals surface area contributed by atoms with Crippen molar-refractivity contribution in [3.8, 4) is 5.75 Å². The van der Waals surface area contributed by atoms with Crippen molar-refractivity contribution in [1.82, 2.24) is 0 Å². The molecule has 0 atom stereocenters. The van der Waals surface area contributed by atoms with Gasteiger partial charge in [0.05, 0.1) is 13.2 Å². The normalized spacial score (nSPS) is 11.4. The smallest absolute Gasteiger partial charge is 0.349 e. The molecule has 0 fully saturated rings. The summed E-state index contributed by atoms with van der Waals surface area (Å²) >= 11 is 0. The van der Waals surface area contributed by atoms with Crippen molar-refractivity contribution >= 4 is 13.3 Å². The van der Waals surface area contributed by atoms with Gasteiger partial charge in [-0.1, -0.05) is 0 Å². The van der Waals surface area contributed by atoms with Crippen molar-refractivity contribution in [2.45, 2.75) is 13.8 Å². The van der Waals surface area contributed by atoms with Gasteiger partial charge in [0.2, 0.25) is 0 Å². The highest BCUT2D eigenvalue weighted by Gasteiger charge is 2.22. The third-order valence-electron chi connectivity index (χ3n) is 2.00. The lowest BCUT2D eigenvalue weighted by Gasteiger charge is -2.17. The van der Waals surface area contributed by atoms with Crippen molar-refractivity contribution in [1.29, 1.82) is 0 Å². The van der Waals surface area contributed by atoms with Gasteiger partial charge in [0.1, 0.15) is 12.0 Å². The van der Waals surface area contributed by atoms with Gasteiger partial charge in [-0.25, -0.2) is 0 Å². The summed E-state index contributed by atoms with van der Waals surface area (Å²) in [5.74, 6) is 0.188. The average Bonchev–Trinajstić information content (AvgIpc) is 2.29. The molecule has 0 saturated carbocycles. The lowest BCUT2D eigenvalue weighted by Crippen LogP contribution is -2.07. The van der Waals surface area contributed by atoms with Crippen LogP contribution in [0.2, 0.25) is 0 Å².